The number of aliphatic imine (C=N–C) groups is 1. The second kappa shape index (κ2) is 8.56. The molecule has 3 rings (SSSR count). The first-order valence-corrected chi connectivity index (χ1v) is 9.62. The molecular formula is C21H28N4O3. The van der Waals surface area contributed by atoms with Crippen molar-refractivity contribution in [2.45, 2.75) is 26.7 Å². The van der Waals surface area contributed by atoms with E-state index in [0.29, 0.717) is 51.3 Å². The van der Waals surface area contributed by atoms with Gasteiger partial charge < -0.3 is 15.3 Å². The average molecular weight is 384 g/mol. The lowest BCUT2D eigenvalue weighted by atomic mass is 9.77. The Hall–Kier alpha value is -2.67. The number of rotatable bonds is 4. The fraction of sp³-hybridized carbons (Fsp3) is 0.476. The van der Waals surface area contributed by atoms with Crippen molar-refractivity contribution >= 4 is 23.7 Å². The van der Waals surface area contributed by atoms with Crippen LogP contribution < -0.4 is 5.32 Å². The Morgan fingerprint density at radius 1 is 1.18 bits per heavy atom. The van der Waals surface area contributed by atoms with E-state index in [2.05, 4.69) is 15.2 Å². The van der Waals surface area contributed by atoms with Gasteiger partial charge >= 0.3 is 6.03 Å². The van der Waals surface area contributed by atoms with Crippen LogP contribution in [0.25, 0.3) is 0 Å². The van der Waals surface area contributed by atoms with Crippen LogP contribution in [0.1, 0.15) is 26.7 Å². The van der Waals surface area contributed by atoms with Crippen LogP contribution in [0.3, 0.4) is 0 Å². The van der Waals surface area contributed by atoms with Crippen LogP contribution in [0.15, 0.2) is 46.7 Å². The Kier molecular flexibility index (Phi) is 6.14. The van der Waals surface area contributed by atoms with Gasteiger partial charge in [0.1, 0.15) is 5.76 Å². The Bertz CT molecular complexity index is 778. The number of hydrogen-bond donors (Lipinski definition) is 2. The number of aliphatic hydroxyl groups excluding tert-OH is 1. The molecule has 1 heterocycles. The molecule has 0 spiro atoms. The summed E-state index contributed by atoms with van der Waals surface area (Å²) in [7, 11) is 0. The third-order valence-electron chi connectivity index (χ3n) is 5.08. The van der Waals surface area contributed by atoms with Crippen molar-refractivity contribution in [1.29, 1.82) is 0 Å². The molecule has 0 unspecified atom stereocenters. The van der Waals surface area contributed by atoms with Gasteiger partial charge in [0.25, 0.3) is 0 Å². The van der Waals surface area contributed by atoms with E-state index in [0.717, 1.165) is 5.69 Å². The molecule has 0 radical (unpaired) electrons. The quantitative estimate of drug-likeness (QED) is 0.782. The Morgan fingerprint density at radius 3 is 2.50 bits per heavy atom. The summed E-state index contributed by atoms with van der Waals surface area (Å²) in [6.07, 6.45) is 2.42. The summed E-state index contributed by atoms with van der Waals surface area (Å²) >= 11 is 0. The molecule has 2 aliphatic rings. The molecule has 7 heteroatoms. The molecule has 1 saturated heterocycles. The number of Topliss-reactive ketones (excluding diaryl/α,β-unsaturated/α-hetero) is 1. The molecule has 28 heavy (non-hydrogen) atoms. The third-order valence-corrected chi connectivity index (χ3v) is 5.08. The lowest BCUT2D eigenvalue weighted by Gasteiger charge is -2.33. The fourth-order valence-electron chi connectivity index (χ4n) is 3.51. The van der Waals surface area contributed by atoms with Crippen molar-refractivity contribution in [2.24, 2.45) is 10.4 Å². The lowest BCUT2D eigenvalue weighted by molar-refractivity contribution is -0.117. The molecule has 1 aromatic rings. The van der Waals surface area contributed by atoms with Gasteiger partial charge in [-0.2, -0.15) is 0 Å². The van der Waals surface area contributed by atoms with Gasteiger partial charge in [0, 0.05) is 50.9 Å². The number of aliphatic hydroxyl groups is 1. The van der Waals surface area contributed by atoms with Crippen LogP contribution in [0.5, 0.6) is 0 Å². The minimum Gasteiger partial charge on any atom is -0.511 e. The highest BCUT2D eigenvalue weighted by Gasteiger charge is 2.32. The van der Waals surface area contributed by atoms with Crippen molar-refractivity contribution < 1.29 is 14.7 Å². The van der Waals surface area contributed by atoms with E-state index in [1.807, 2.05) is 44.2 Å². The topological polar surface area (TPSA) is 85.2 Å². The molecule has 2 amide bonds. The van der Waals surface area contributed by atoms with Crippen molar-refractivity contribution in [3.63, 3.8) is 0 Å². The summed E-state index contributed by atoms with van der Waals surface area (Å²) in [5, 5.41) is 13.0. The Morgan fingerprint density at radius 2 is 1.86 bits per heavy atom. The van der Waals surface area contributed by atoms with Crippen LogP contribution in [-0.2, 0) is 4.79 Å². The Labute approximate surface area is 165 Å². The molecule has 1 aliphatic heterocycles. The number of hydrogen-bond acceptors (Lipinski definition) is 5. The highest BCUT2D eigenvalue weighted by Crippen LogP contribution is 2.35. The predicted molar refractivity (Wildman–Crippen MR) is 110 cm³/mol. The molecule has 0 aromatic heterocycles. The number of urea groups is 1. The molecule has 1 aliphatic carbocycles. The molecule has 0 atom stereocenters. The van der Waals surface area contributed by atoms with Crippen molar-refractivity contribution in [1.82, 2.24) is 9.80 Å². The number of ketones is 1. The molecule has 0 saturated carbocycles. The number of nitrogens with zero attached hydrogens (tertiary/aromatic N) is 3. The van der Waals surface area contributed by atoms with Crippen LogP contribution in [0, 0.1) is 5.41 Å². The minimum atomic E-state index is -0.199. The second-order valence-electron chi connectivity index (χ2n) is 8.16. The van der Waals surface area contributed by atoms with Gasteiger partial charge in [-0.25, -0.2) is 4.79 Å². The highest BCUT2D eigenvalue weighted by molar-refractivity contribution is 6.14. The van der Waals surface area contributed by atoms with E-state index < -0.39 is 0 Å². The van der Waals surface area contributed by atoms with E-state index in [-0.39, 0.29) is 23.0 Å². The summed E-state index contributed by atoms with van der Waals surface area (Å²) in [6, 6.07) is 9.31. The number of para-hydroxylation sites is 1. The maximum atomic E-state index is 12.3. The maximum Gasteiger partial charge on any atom is 0.321 e. The van der Waals surface area contributed by atoms with E-state index in [1.54, 1.807) is 4.90 Å². The summed E-state index contributed by atoms with van der Waals surface area (Å²) in [4.78, 5) is 32.8. The lowest BCUT2D eigenvalue weighted by Crippen LogP contribution is -2.49. The number of piperazine rings is 1. The van der Waals surface area contributed by atoms with Gasteiger partial charge in [-0.1, -0.05) is 32.0 Å². The number of carbonyl (C=O) groups is 2. The normalized spacial score (nSPS) is 20.6. The zero-order valence-corrected chi connectivity index (χ0v) is 16.5. The summed E-state index contributed by atoms with van der Waals surface area (Å²) in [5.41, 5.74) is 0.919. The van der Waals surface area contributed by atoms with E-state index >= 15 is 0 Å². The van der Waals surface area contributed by atoms with Crippen LogP contribution >= 0.6 is 0 Å². The van der Waals surface area contributed by atoms with E-state index in [1.165, 1.54) is 6.21 Å². The number of carbonyl (C=O) groups excluding carboxylic acids is 2. The zero-order chi connectivity index (χ0) is 20.1. The van der Waals surface area contributed by atoms with Crippen molar-refractivity contribution in [3.05, 3.63) is 41.7 Å². The number of anilines is 1. The molecule has 2 N–H and O–H groups in total. The monoisotopic (exact) mass is 384 g/mol. The molecule has 1 fully saturated rings. The second-order valence-corrected chi connectivity index (χ2v) is 8.16. The number of amides is 2. The van der Waals surface area contributed by atoms with Crippen LogP contribution in [0.4, 0.5) is 10.5 Å². The smallest absolute Gasteiger partial charge is 0.321 e. The van der Waals surface area contributed by atoms with E-state index in [4.69, 9.17) is 0 Å². The van der Waals surface area contributed by atoms with Gasteiger partial charge in [0.05, 0.1) is 12.2 Å². The zero-order valence-electron chi connectivity index (χ0n) is 16.5. The third kappa shape index (κ3) is 5.19. The first-order chi connectivity index (χ1) is 13.3. The summed E-state index contributed by atoms with van der Waals surface area (Å²) in [5.74, 6) is 0.0762. The summed E-state index contributed by atoms with van der Waals surface area (Å²) in [6.45, 7) is 7.06. The molecule has 150 valence electrons. The van der Waals surface area contributed by atoms with Crippen LogP contribution in [-0.4, -0.2) is 65.8 Å². The van der Waals surface area contributed by atoms with Gasteiger partial charge in [0.2, 0.25) is 0 Å². The molecule has 1 aromatic carbocycles. The summed E-state index contributed by atoms with van der Waals surface area (Å²) < 4.78 is 0. The number of nitrogens with one attached hydrogen (secondary N) is 1. The predicted octanol–water partition coefficient (Wildman–Crippen LogP) is 3.07. The number of allylic oxidation sites excluding steroid dienone is 2. The first kappa shape index (κ1) is 20.1. The van der Waals surface area contributed by atoms with E-state index in [9.17, 15) is 14.7 Å². The van der Waals surface area contributed by atoms with Crippen molar-refractivity contribution in [2.75, 3.05) is 38.2 Å². The average Bonchev–Trinajstić information content (AvgIpc) is 2.64. The molecule has 0 bridgehead atoms. The Balaban J connectivity index is 1.46. The molecule has 7 nitrogen and oxygen atoms in total. The van der Waals surface area contributed by atoms with Crippen molar-refractivity contribution in [3.8, 4) is 0 Å². The van der Waals surface area contributed by atoms with Gasteiger partial charge in [0.15, 0.2) is 5.78 Å². The molecular weight excluding hydrogens is 356 g/mol. The minimum absolute atomic E-state index is 0.0556. The van der Waals surface area contributed by atoms with Gasteiger partial charge in [-0.3, -0.25) is 14.7 Å². The maximum absolute atomic E-state index is 12.3. The van der Waals surface area contributed by atoms with Gasteiger partial charge in [-0.05, 0) is 17.5 Å². The number of benzene rings is 1. The fourth-order valence-corrected chi connectivity index (χ4v) is 3.51. The largest absolute Gasteiger partial charge is 0.511 e. The van der Waals surface area contributed by atoms with Crippen LogP contribution in [0.2, 0.25) is 0 Å². The highest BCUT2D eigenvalue weighted by atomic mass is 16.3. The first-order valence-electron chi connectivity index (χ1n) is 9.62. The van der Waals surface area contributed by atoms with Gasteiger partial charge in [-0.15, -0.1) is 0 Å². The standard InChI is InChI=1S/C21H28N4O3/c1-21(2)12-18(26)17(19(27)13-21)14-22-15-24-8-10-25(11-9-24)20(28)23-16-6-4-3-5-7-16/h3-7,14,26H,8-13,15H2,1-2H3,(H,23,28). The SMILES string of the molecule is CC1(C)CC(=O)C(C=NCN2CCN(C(=O)Nc3ccccc3)CC2)=C(O)C1.